The smallest absolute Gasteiger partial charge is 0.353 e. The SMILES string of the molecule is CC(C)COC(=O)[C@]12CCC(=O)N1c1ccccc1C(=O)N2C(C)C. The van der Waals surface area contributed by atoms with E-state index in [9.17, 15) is 14.4 Å². The van der Waals surface area contributed by atoms with Crippen LogP contribution in [0, 0.1) is 5.92 Å². The summed E-state index contributed by atoms with van der Waals surface area (Å²) in [6.07, 6.45) is 0.461. The molecule has 2 aliphatic heterocycles. The number of nitrogens with zero attached hydrogens (tertiary/aromatic N) is 2. The lowest BCUT2D eigenvalue weighted by Gasteiger charge is -2.50. The summed E-state index contributed by atoms with van der Waals surface area (Å²) in [5.41, 5.74) is -0.446. The minimum atomic E-state index is -1.38. The lowest BCUT2D eigenvalue weighted by Crippen LogP contribution is -2.70. The highest BCUT2D eigenvalue weighted by molar-refractivity contribution is 6.15. The topological polar surface area (TPSA) is 66.9 Å². The second kappa shape index (κ2) is 6.17. The second-order valence-corrected chi connectivity index (χ2v) is 7.32. The molecule has 0 spiro atoms. The van der Waals surface area contributed by atoms with Crippen molar-refractivity contribution < 1.29 is 19.1 Å². The standard InChI is InChI=1S/C19H24N2O4/c1-12(2)11-25-18(24)19-10-9-16(22)21(19)15-8-6-5-7-14(15)17(23)20(19)13(3)4/h5-8,12-13H,9-11H2,1-4H3/t19-/m0/s1. The molecule has 1 fully saturated rings. The molecule has 1 saturated heterocycles. The van der Waals surface area contributed by atoms with E-state index in [1.165, 1.54) is 9.80 Å². The molecule has 0 aliphatic carbocycles. The van der Waals surface area contributed by atoms with Gasteiger partial charge in [0.2, 0.25) is 11.6 Å². The summed E-state index contributed by atoms with van der Waals surface area (Å²) >= 11 is 0. The van der Waals surface area contributed by atoms with Crippen molar-refractivity contribution in [2.24, 2.45) is 5.92 Å². The Labute approximate surface area is 147 Å². The molecule has 0 aromatic heterocycles. The van der Waals surface area contributed by atoms with Crippen LogP contribution in [-0.2, 0) is 14.3 Å². The first-order chi connectivity index (χ1) is 11.8. The Morgan fingerprint density at radius 3 is 2.52 bits per heavy atom. The predicted molar refractivity (Wildman–Crippen MR) is 93.0 cm³/mol. The molecule has 6 heteroatoms. The van der Waals surface area contributed by atoms with Gasteiger partial charge in [0.05, 0.1) is 17.9 Å². The van der Waals surface area contributed by atoms with E-state index in [0.717, 1.165) is 0 Å². The summed E-state index contributed by atoms with van der Waals surface area (Å²) in [6, 6.07) is 6.70. The van der Waals surface area contributed by atoms with E-state index in [2.05, 4.69) is 0 Å². The number of hydrogen-bond donors (Lipinski definition) is 0. The zero-order chi connectivity index (χ0) is 18.4. The quantitative estimate of drug-likeness (QED) is 0.788. The minimum absolute atomic E-state index is 0.160. The summed E-state index contributed by atoms with van der Waals surface area (Å²) in [4.78, 5) is 41.9. The van der Waals surface area contributed by atoms with Crippen molar-refractivity contribution >= 4 is 23.5 Å². The second-order valence-electron chi connectivity index (χ2n) is 7.32. The average molecular weight is 344 g/mol. The maximum Gasteiger partial charge on any atom is 0.353 e. The molecule has 1 atom stereocenters. The van der Waals surface area contributed by atoms with Gasteiger partial charge in [0.1, 0.15) is 0 Å². The van der Waals surface area contributed by atoms with Crippen LogP contribution < -0.4 is 4.90 Å². The Hall–Kier alpha value is -2.37. The van der Waals surface area contributed by atoms with Crippen molar-refractivity contribution in [3.05, 3.63) is 29.8 Å². The Morgan fingerprint density at radius 1 is 1.20 bits per heavy atom. The van der Waals surface area contributed by atoms with Gasteiger partial charge < -0.3 is 9.64 Å². The Balaban J connectivity index is 2.17. The molecule has 2 heterocycles. The number of fused-ring (bicyclic) bond motifs is 3. The Bertz CT molecular complexity index is 728. The highest BCUT2D eigenvalue weighted by Gasteiger charge is 2.62. The molecule has 25 heavy (non-hydrogen) atoms. The van der Waals surface area contributed by atoms with Crippen LogP contribution in [0.3, 0.4) is 0 Å². The lowest BCUT2D eigenvalue weighted by molar-refractivity contribution is -0.159. The zero-order valence-corrected chi connectivity index (χ0v) is 15.1. The molecule has 1 aromatic rings. The number of rotatable bonds is 4. The maximum absolute atomic E-state index is 13.1. The van der Waals surface area contributed by atoms with Gasteiger partial charge in [-0.25, -0.2) is 4.79 Å². The van der Waals surface area contributed by atoms with Gasteiger partial charge in [-0.15, -0.1) is 0 Å². The normalized spacial score (nSPS) is 22.5. The summed E-state index contributed by atoms with van der Waals surface area (Å²) in [6.45, 7) is 7.85. The van der Waals surface area contributed by atoms with Crippen molar-refractivity contribution in [1.82, 2.24) is 4.90 Å². The van der Waals surface area contributed by atoms with Crippen LogP contribution in [0.1, 0.15) is 50.9 Å². The van der Waals surface area contributed by atoms with Crippen LogP contribution in [0.2, 0.25) is 0 Å². The van der Waals surface area contributed by atoms with Gasteiger partial charge in [0, 0.05) is 18.9 Å². The fraction of sp³-hybridized carbons (Fsp3) is 0.526. The molecule has 3 rings (SSSR count). The molecular weight excluding hydrogens is 320 g/mol. The van der Waals surface area contributed by atoms with Gasteiger partial charge in [-0.3, -0.25) is 14.5 Å². The molecular formula is C19H24N2O4. The monoisotopic (exact) mass is 344 g/mol. The van der Waals surface area contributed by atoms with Gasteiger partial charge in [-0.05, 0) is 31.9 Å². The molecule has 2 amide bonds. The van der Waals surface area contributed by atoms with Crippen molar-refractivity contribution in [1.29, 1.82) is 0 Å². The van der Waals surface area contributed by atoms with Crippen LogP contribution >= 0.6 is 0 Å². The van der Waals surface area contributed by atoms with E-state index >= 15 is 0 Å². The Morgan fingerprint density at radius 2 is 1.88 bits per heavy atom. The van der Waals surface area contributed by atoms with E-state index in [4.69, 9.17) is 4.74 Å². The van der Waals surface area contributed by atoms with Crippen LogP contribution in [-0.4, -0.2) is 41.0 Å². The zero-order valence-electron chi connectivity index (χ0n) is 15.1. The van der Waals surface area contributed by atoms with Crippen LogP contribution in [0.25, 0.3) is 0 Å². The third-order valence-corrected chi connectivity index (χ3v) is 4.69. The van der Waals surface area contributed by atoms with Gasteiger partial charge in [-0.1, -0.05) is 26.0 Å². The van der Waals surface area contributed by atoms with Gasteiger partial charge >= 0.3 is 5.97 Å². The first kappa shape index (κ1) is 17.5. The molecule has 0 unspecified atom stereocenters. The fourth-order valence-corrected chi connectivity index (χ4v) is 3.73. The van der Waals surface area contributed by atoms with E-state index in [1.807, 2.05) is 27.7 Å². The Kier molecular flexibility index (Phi) is 4.31. The van der Waals surface area contributed by atoms with Crippen molar-refractivity contribution in [2.75, 3.05) is 11.5 Å². The highest BCUT2D eigenvalue weighted by Crippen LogP contribution is 2.45. The third kappa shape index (κ3) is 2.51. The van der Waals surface area contributed by atoms with Crippen molar-refractivity contribution in [3.8, 4) is 0 Å². The van der Waals surface area contributed by atoms with Gasteiger partial charge in [-0.2, -0.15) is 0 Å². The van der Waals surface area contributed by atoms with Crippen LogP contribution in [0.15, 0.2) is 24.3 Å². The number of hydrogen-bond acceptors (Lipinski definition) is 4. The van der Waals surface area contributed by atoms with E-state index in [-0.39, 0.29) is 43.2 Å². The maximum atomic E-state index is 13.1. The highest BCUT2D eigenvalue weighted by atomic mass is 16.5. The molecule has 0 radical (unpaired) electrons. The molecule has 0 saturated carbocycles. The van der Waals surface area contributed by atoms with Crippen molar-refractivity contribution in [3.63, 3.8) is 0 Å². The number of benzene rings is 1. The van der Waals surface area contributed by atoms with Gasteiger partial charge in [0.15, 0.2) is 0 Å². The van der Waals surface area contributed by atoms with Crippen molar-refractivity contribution in [2.45, 2.75) is 52.2 Å². The number of para-hydroxylation sites is 1. The molecule has 0 N–H and O–H groups in total. The molecule has 6 nitrogen and oxygen atoms in total. The molecule has 2 aliphatic rings. The first-order valence-electron chi connectivity index (χ1n) is 8.73. The van der Waals surface area contributed by atoms with E-state index in [1.54, 1.807) is 24.3 Å². The van der Waals surface area contributed by atoms with E-state index in [0.29, 0.717) is 11.3 Å². The fourth-order valence-electron chi connectivity index (χ4n) is 3.73. The largest absolute Gasteiger partial charge is 0.462 e. The summed E-state index contributed by atoms with van der Waals surface area (Å²) in [7, 11) is 0. The van der Waals surface area contributed by atoms with Crippen LogP contribution in [0.4, 0.5) is 5.69 Å². The van der Waals surface area contributed by atoms with Gasteiger partial charge in [0.25, 0.3) is 5.91 Å². The number of ether oxygens (including phenoxy) is 1. The minimum Gasteiger partial charge on any atom is -0.462 e. The number of amides is 2. The average Bonchev–Trinajstić information content (AvgIpc) is 2.91. The van der Waals surface area contributed by atoms with Crippen LogP contribution in [0.5, 0.6) is 0 Å². The summed E-state index contributed by atoms with van der Waals surface area (Å²) in [5.74, 6) is -0.751. The molecule has 1 aromatic carbocycles. The third-order valence-electron chi connectivity index (χ3n) is 4.69. The first-order valence-corrected chi connectivity index (χ1v) is 8.73. The molecule has 134 valence electrons. The number of esters is 1. The molecule has 0 bridgehead atoms. The number of carbonyl (C=O) groups is 3. The lowest BCUT2D eigenvalue weighted by atomic mass is 9.95. The number of carbonyl (C=O) groups excluding carboxylic acids is 3. The summed E-state index contributed by atoms with van der Waals surface area (Å²) < 4.78 is 5.51. The predicted octanol–water partition coefficient (Wildman–Crippen LogP) is 2.57. The summed E-state index contributed by atoms with van der Waals surface area (Å²) in [5, 5.41) is 0. The number of anilines is 1. The van der Waals surface area contributed by atoms with E-state index < -0.39 is 11.6 Å².